The first kappa shape index (κ1) is 15.3. The summed E-state index contributed by atoms with van der Waals surface area (Å²) in [5.74, 6) is -1.38. The number of methoxy groups -OCH3 is 1. The van der Waals surface area contributed by atoms with E-state index < -0.39 is 22.3 Å². The van der Waals surface area contributed by atoms with Crippen LogP contribution in [0.15, 0.2) is 0 Å². The lowest BCUT2D eigenvalue weighted by molar-refractivity contribution is -0.146. The van der Waals surface area contributed by atoms with Crippen LogP contribution in [0.1, 0.15) is 6.42 Å². The van der Waals surface area contributed by atoms with Crippen LogP contribution in [0.25, 0.3) is 0 Å². The minimum absolute atomic E-state index is 0.118. The maximum Gasteiger partial charge on any atom is 0.332 e. The zero-order valence-electron chi connectivity index (χ0n) is 8.84. The van der Waals surface area contributed by atoms with Crippen molar-refractivity contribution in [3.63, 3.8) is 0 Å². The van der Waals surface area contributed by atoms with Gasteiger partial charge in [0.1, 0.15) is 0 Å². The second-order valence-electron chi connectivity index (χ2n) is 2.93. The largest absolute Gasteiger partial charge is 0.479 e. The smallest absolute Gasteiger partial charge is 0.332 e. The van der Waals surface area contributed by atoms with Crippen molar-refractivity contribution in [2.24, 2.45) is 0 Å². The Kier molecular flexibility index (Phi) is 7.17. The van der Waals surface area contributed by atoms with E-state index in [9.17, 15) is 13.2 Å². The second-order valence-corrected chi connectivity index (χ2v) is 4.51. The van der Waals surface area contributed by atoms with Gasteiger partial charge in [0.2, 0.25) is 0 Å². The van der Waals surface area contributed by atoms with E-state index in [1.54, 1.807) is 0 Å². The molecule has 0 saturated heterocycles. The number of carboxylic acid groups (broad SMARTS) is 1. The minimum atomic E-state index is -3.66. The van der Waals surface area contributed by atoms with Crippen molar-refractivity contribution in [1.82, 2.24) is 9.44 Å². The van der Waals surface area contributed by atoms with E-state index in [-0.39, 0.29) is 26.1 Å². The van der Waals surface area contributed by atoms with Crippen molar-refractivity contribution in [1.29, 1.82) is 0 Å². The summed E-state index contributed by atoms with van der Waals surface area (Å²) in [5.41, 5.74) is 0. The highest BCUT2D eigenvalue weighted by Gasteiger charge is 2.14. The molecule has 0 bridgehead atoms. The first-order valence-electron chi connectivity index (χ1n) is 4.53. The fourth-order valence-corrected chi connectivity index (χ4v) is 1.62. The van der Waals surface area contributed by atoms with Crippen molar-refractivity contribution in [3.8, 4) is 0 Å². The van der Waals surface area contributed by atoms with Gasteiger partial charge in [-0.25, -0.2) is 9.52 Å². The summed E-state index contributed by atoms with van der Waals surface area (Å²) >= 11 is 0. The predicted octanol–water partition coefficient (Wildman–Crippen LogP) is -2.11. The zero-order chi connectivity index (χ0) is 12.6. The molecule has 96 valence electrons. The summed E-state index contributed by atoms with van der Waals surface area (Å²) in [6, 6.07) is 0. The number of ether oxygens (including phenoxy) is 1. The Morgan fingerprint density at radius 3 is 2.44 bits per heavy atom. The molecule has 1 atom stereocenters. The van der Waals surface area contributed by atoms with Crippen LogP contribution in [0.2, 0.25) is 0 Å². The molecular formula is C7H16N2O6S. The van der Waals surface area contributed by atoms with E-state index in [4.69, 9.17) is 10.2 Å². The molecule has 0 saturated carbocycles. The fraction of sp³-hybridized carbons (Fsp3) is 0.857. The van der Waals surface area contributed by atoms with Crippen molar-refractivity contribution in [2.45, 2.75) is 12.5 Å². The van der Waals surface area contributed by atoms with Gasteiger partial charge in [0.15, 0.2) is 6.10 Å². The molecule has 0 fully saturated rings. The quantitative estimate of drug-likeness (QED) is 0.350. The molecule has 0 amide bonds. The summed E-state index contributed by atoms with van der Waals surface area (Å²) in [4.78, 5) is 10.2. The standard InChI is InChI=1S/C7H16N2O6S/c1-15-5-4-9-16(13,14)8-3-2-6(10)7(11)12/h6,8-10H,2-5H2,1H3,(H,11,12). The molecular weight excluding hydrogens is 240 g/mol. The summed E-state index contributed by atoms with van der Waals surface area (Å²) in [6.07, 6.45) is -1.76. The number of aliphatic hydroxyl groups excluding tert-OH is 1. The number of carbonyl (C=O) groups is 1. The Hall–Kier alpha value is -0.740. The van der Waals surface area contributed by atoms with Gasteiger partial charge in [0.25, 0.3) is 10.2 Å². The normalized spacial score (nSPS) is 13.6. The molecule has 0 aromatic heterocycles. The lowest BCUT2D eigenvalue weighted by Crippen LogP contribution is -2.39. The number of hydrogen-bond acceptors (Lipinski definition) is 5. The van der Waals surface area contributed by atoms with Crippen molar-refractivity contribution >= 4 is 16.2 Å². The molecule has 0 radical (unpaired) electrons. The van der Waals surface area contributed by atoms with Crippen molar-refractivity contribution in [2.75, 3.05) is 26.8 Å². The lowest BCUT2D eigenvalue weighted by atomic mass is 10.3. The van der Waals surface area contributed by atoms with E-state index in [1.807, 2.05) is 0 Å². The Balaban J connectivity index is 3.78. The molecule has 1 unspecified atom stereocenters. The Bertz CT molecular complexity index is 304. The average Bonchev–Trinajstić information content (AvgIpc) is 2.17. The molecule has 8 nitrogen and oxygen atoms in total. The molecule has 0 heterocycles. The van der Waals surface area contributed by atoms with E-state index in [0.29, 0.717) is 0 Å². The van der Waals surface area contributed by atoms with Gasteiger partial charge in [0.05, 0.1) is 6.61 Å². The highest BCUT2D eigenvalue weighted by molar-refractivity contribution is 7.87. The first-order chi connectivity index (χ1) is 7.39. The molecule has 0 aliphatic heterocycles. The number of carboxylic acids is 1. The molecule has 9 heteroatoms. The number of aliphatic hydroxyl groups is 1. The van der Waals surface area contributed by atoms with Gasteiger partial charge in [-0.2, -0.15) is 13.1 Å². The number of hydrogen-bond donors (Lipinski definition) is 4. The highest BCUT2D eigenvalue weighted by atomic mass is 32.2. The summed E-state index contributed by atoms with van der Waals surface area (Å²) in [7, 11) is -2.22. The molecule has 4 N–H and O–H groups in total. The third-order valence-electron chi connectivity index (χ3n) is 1.59. The van der Waals surface area contributed by atoms with Crippen LogP contribution < -0.4 is 9.44 Å². The predicted molar refractivity (Wildman–Crippen MR) is 55.1 cm³/mol. The van der Waals surface area contributed by atoms with E-state index in [1.165, 1.54) is 7.11 Å². The van der Waals surface area contributed by atoms with Gasteiger partial charge in [0, 0.05) is 20.2 Å². The summed E-state index contributed by atoms with van der Waals surface area (Å²) < 4.78 is 31.2. The van der Waals surface area contributed by atoms with Crippen LogP contribution >= 0.6 is 0 Å². The van der Waals surface area contributed by atoms with E-state index >= 15 is 0 Å². The van der Waals surface area contributed by atoms with Gasteiger partial charge in [-0.05, 0) is 6.42 Å². The monoisotopic (exact) mass is 256 g/mol. The third kappa shape index (κ3) is 7.54. The number of nitrogens with one attached hydrogen (secondary N) is 2. The van der Waals surface area contributed by atoms with Crippen LogP contribution in [0.4, 0.5) is 0 Å². The van der Waals surface area contributed by atoms with E-state index in [2.05, 4.69) is 14.2 Å². The maximum absolute atomic E-state index is 11.1. The first-order valence-corrected chi connectivity index (χ1v) is 6.01. The topological polar surface area (TPSA) is 125 Å². The fourth-order valence-electron chi connectivity index (χ4n) is 0.783. The molecule has 0 aliphatic rings. The van der Waals surface area contributed by atoms with Crippen LogP contribution in [0.3, 0.4) is 0 Å². The van der Waals surface area contributed by atoms with E-state index in [0.717, 1.165) is 0 Å². The van der Waals surface area contributed by atoms with Crippen LogP contribution in [0.5, 0.6) is 0 Å². The zero-order valence-corrected chi connectivity index (χ0v) is 9.66. The summed E-state index contributed by atoms with van der Waals surface area (Å²) in [6.45, 7) is 0.196. The number of aliphatic carboxylic acids is 1. The van der Waals surface area contributed by atoms with Crippen LogP contribution in [0, 0.1) is 0 Å². The van der Waals surface area contributed by atoms with Gasteiger partial charge < -0.3 is 14.9 Å². The van der Waals surface area contributed by atoms with Crippen molar-refractivity contribution in [3.05, 3.63) is 0 Å². The average molecular weight is 256 g/mol. The highest BCUT2D eigenvalue weighted by Crippen LogP contribution is 1.90. The van der Waals surface area contributed by atoms with Gasteiger partial charge >= 0.3 is 5.97 Å². The Morgan fingerprint density at radius 2 is 1.94 bits per heavy atom. The molecule has 0 spiro atoms. The Morgan fingerprint density at radius 1 is 1.38 bits per heavy atom. The summed E-state index contributed by atoms with van der Waals surface area (Å²) in [5, 5.41) is 17.2. The second kappa shape index (κ2) is 7.52. The molecule has 0 aromatic rings. The van der Waals surface area contributed by atoms with Crippen LogP contribution in [-0.2, 0) is 19.7 Å². The number of rotatable bonds is 9. The molecule has 0 aliphatic carbocycles. The lowest BCUT2D eigenvalue weighted by Gasteiger charge is -2.08. The SMILES string of the molecule is COCCNS(=O)(=O)NCCC(O)C(=O)O. The Labute approximate surface area is 93.8 Å². The van der Waals surface area contributed by atoms with Crippen molar-refractivity contribution < 1.29 is 28.2 Å². The van der Waals surface area contributed by atoms with Gasteiger partial charge in [-0.3, -0.25) is 0 Å². The maximum atomic E-state index is 11.1. The third-order valence-corrected chi connectivity index (χ3v) is 2.76. The molecule has 16 heavy (non-hydrogen) atoms. The molecule has 0 aromatic carbocycles. The van der Waals surface area contributed by atoms with Gasteiger partial charge in [-0.15, -0.1) is 0 Å². The van der Waals surface area contributed by atoms with Crippen LogP contribution in [-0.4, -0.2) is 57.5 Å². The minimum Gasteiger partial charge on any atom is -0.479 e. The molecule has 0 rings (SSSR count). The van der Waals surface area contributed by atoms with Gasteiger partial charge in [-0.1, -0.05) is 0 Å².